The Morgan fingerprint density at radius 2 is 1.72 bits per heavy atom. The van der Waals surface area contributed by atoms with Crippen LogP contribution in [0.5, 0.6) is 0 Å². The number of hydrogen-bond acceptors (Lipinski definition) is 4. The molecule has 0 unspecified atom stereocenters. The van der Waals surface area contributed by atoms with Gasteiger partial charge in [-0.3, -0.25) is 0 Å². The molecular formula is C17H18F2N2O4. The molecule has 1 aromatic rings. The van der Waals surface area contributed by atoms with Crippen LogP contribution in [0.4, 0.5) is 8.78 Å². The third kappa shape index (κ3) is 5.97. The molecule has 0 amide bonds. The summed E-state index contributed by atoms with van der Waals surface area (Å²) in [5, 5.41) is 25.0. The van der Waals surface area contributed by atoms with Crippen LogP contribution in [-0.2, 0) is 15.0 Å². The van der Waals surface area contributed by atoms with Gasteiger partial charge in [0.25, 0.3) is 0 Å². The number of piperidine rings is 1. The fourth-order valence-corrected chi connectivity index (χ4v) is 2.45. The number of benzene rings is 1. The van der Waals surface area contributed by atoms with Crippen molar-refractivity contribution < 1.29 is 28.6 Å². The first-order valence-electron chi connectivity index (χ1n) is 7.39. The highest BCUT2D eigenvalue weighted by Crippen LogP contribution is 2.36. The van der Waals surface area contributed by atoms with Crippen molar-refractivity contribution in [3.8, 4) is 6.07 Å². The minimum Gasteiger partial charge on any atom is -0.478 e. The largest absolute Gasteiger partial charge is 0.478 e. The van der Waals surface area contributed by atoms with Crippen LogP contribution in [0.15, 0.2) is 30.4 Å². The molecule has 0 aliphatic carbocycles. The molecular weight excluding hydrogens is 334 g/mol. The van der Waals surface area contributed by atoms with Gasteiger partial charge in [0.2, 0.25) is 0 Å². The van der Waals surface area contributed by atoms with E-state index in [-0.39, 0.29) is 5.56 Å². The molecule has 1 aromatic carbocycles. The molecule has 134 valence electrons. The molecule has 0 aromatic heterocycles. The molecule has 1 aliphatic rings. The zero-order valence-corrected chi connectivity index (χ0v) is 13.6. The van der Waals surface area contributed by atoms with E-state index >= 15 is 0 Å². The fraction of sp³-hybridized carbons (Fsp3) is 0.353. The Hall–Kier alpha value is -2.79. The molecule has 1 saturated heterocycles. The molecule has 25 heavy (non-hydrogen) atoms. The van der Waals surface area contributed by atoms with E-state index in [9.17, 15) is 23.6 Å². The van der Waals surface area contributed by atoms with Crippen LogP contribution in [0.1, 0.15) is 18.4 Å². The van der Waals surface area contributed by atoms with Crippen molar-refractivity contribution in [1.29, 1.82) is 5.26 Å². The number of rotatable bonds is 3. The van der Waals surface area contributed by atoms with Crippen molar-refractivity contribution in [1.82, 2.24) is 4.90 Å². The summed E-state index contributed by atoms with van der Waals surface area (Å²) in [5.41, 5.74) is -0.674. The maximum atomic E-state index is 13.8. The van der Waals surface area contributed by atoms with E-state index in [1.165, 1.54) is 0 Å². The molecule has 0 bridgehead atoms. The molecule has 6 nitrogen and oxygen atoms in total. The Balaban J connectivity index is 0.000000333. The van der Waals surface area contributed by atoms with Gasteiger partial charge in [0, 0.05) is 17.7 Å². The normalized spacial score (nSPS) is 16.6. The SMILES string of the molecule is CN1CCC(C#N)(c2cc(F)ccc2F)CC1.O=C(O)C=CC(=O)O. The summed E-state index contributed by atoms with van der Waals surface area (Å²) < 4.78 is 27.0. The van der Waals surface area contributed by atoms with Crippen LogP contribution in [-0.4, -0.2) is 47.2 Å². The number of carboxylic acid groups (broad SMARTS) is 2. The monoisotopic (exact) mass is 352 g/mol. The Morgan fingerprint density at radius 1 is 1.20 bits per heavy atom. The van der Waals surface area contributed by atoms with Gasteiger partial charge in [-0.25, -0.2) is 18.4 Å². The molecule has 1 aliphatic heterocycles. The molecule has 0 saturated carbocycles. The lowest BCUT2D eigenvalue weighted by molar-refractivity contribution is -0.134. The minimum atomic E-state index is -1.26. The first-order chi connectivity index (χ1) is 11.7. The van der Waals surface area contributed by atoms with E-state index < -0.39 is 29.0 Å². The van der Waals surface area contributed by atoms with Crippen LogP contribution >= 0.6 is 0 Å². The molecule has 8 heteroatoms. The van der Waals surface area contributed by atoms with E-state index in [0.717, 1.165) is 31.3 Å². The second-order valence-corrected chi connectivity index (χ2v) is 5.63. The van der Waals surface area contributed by atoms with Crippen LogP contribution in [0.2, 0.25) is 0 Å². The first-order valence-corrected chi connectivity index (χ1v) is 7.39. The number of likely N-dealkylation sites (tertiary alicyclic amines) is 1. The number of halogens is 2. The van der Waals surface area contributed by atoms with Crippen LogP contribution in [0.25, 0.3) is 0 Å². The molecule has 2 N–H and O–H groups in total. The van der Waals surface area contributed by atoms with Gasteiger partial charge in [-0.15, -0.1) is 0 Å². The highest BCUT2D eigenvalue weighted by Gasteiger charge is 2.37. The second-order valence-electron chi connectivity index (χ2n) is 5.63. The van der Waals surface area contributed by atoms with Gasteiger partial charge in [-0.05, 0) is 51.2 Å². The smallest absolute Gasteiger partial charge is 0.328 e. The van der Waals surface area contributed by atoms with Crippen molar-refractivity contribution in [3.05, 3.63) is 47.5 Å². The van der Waals surface area contributed by atoms with Gasteiger partial charge in [0.15, 0.2) is 0 Å². The van der Waals surface area contributed by atoms with E-state index in [1.54, 1.807) is 0 Å². The molecule has 0 spiro atoms. The average Bonchev–Trinajstić information content (AvgIpc) is 2.57. The fourth-order valence-electron chi connectivity index (χ4n) is 2.45. The molecule has 0 radical (unpaired) electrons. The number of hydrogen-bond donors (Lipinski definition) is 2. The molecule has 2 rings (SSSR count). The lowest BCUT2D eigenvalue weighted by atomic mass is 9.74. The molecule has 1 heterocycles. The average molecular weight is 352 g/mol. The summed E-state index contributed by atoms with van der Waals surface area (Å²) >= 11 is 0. The van der Waals surface area contributed by atoms with Crippen molar-refractivity contribution in [2.24, 2.45) is 0 Å². The van der Waals surface area contributed by atoms with Crippen LogP contribution in [0.3, 0.4) is 0 Å². The predicted molar refractivity (Wildman–Crippen MR) is 84.8 cm³/mol. The lowest BCUT2D eigenvalue weighted by Gasteiger charge is -2.35. The maximum Gasteiger partial charge on any atom is 0.328 e. The van der Waals surface area contributed by atoms with Crippen molar-refractivity contribution in [2.75, 3.05) is 20.1 Å². The number of nitrogens with zero attached hydrogens (tertiary/aromatic N) is 2. The number of carbonyl (C=O) groups is 2. The first kappa shape index (κ1) is 20.3. The van der Waals surface area contributed by atoms with Gasteiger partial charge in [0.05, 0.1) is 11.5 Å². The third-order valence-corrected chi connectivity index (χ3v) is 3.87. The Kier molecular flexibility index (Phi) is 7.21. The Bertz CT molecular complexity index is 689. The predicted octanol–water partition coefficient (Wildman–Crippen LogP) is 2.16. The van der Waals surface area contributed by atoms with Crippen molar-refractivity contribution in [3.63, 3.8) is 0 Å². The van der Waals surface area contributed by atoms with E-state index in [0.29, 0.717) is 25.0 Å². The van der Waals surface area contributed by atoms with Crippen LogP contribution in [0, 0.1) is 23.0 Å². The van der Waals surface area contributed by atoms with E-state index in [4.69, 9.17) is 10.2 Å². The zero-order valence-electron chi connectivity index (χ0n) is 13.6. The number of nitriles is 1. The maximum absolute atomic E-state index is 13.8. The van der Waals surface area contributed by atoms with Crippen molar-refractivity contribution in [2.45, 2.75) is 18.3 Å². The Morgan fingerprint density at radius 3 is 2.16 bits per heavy atom. The topological polar surface area (TPSA) is 102 Å². The summed E-state index contributed by atoms with van der Waals surface area (Å²) in [6, 6.07) is 5.53. The van der Waals surface area contributed by atoms with Gasteiger partial charge < -0.3 is 15.1 Å². The summed E-state index contributed by atoms with van der Waals surface area (Å²) in [4.78, 5) is 21.2. The highest BCUT2D eigenvalue weighted by atomic mass is 19.1. The van der Waals surface area contributed by atoms with Gasteiger partial charge in [0.1, 0.15) is 11.6 Å². The zero-order chi connectivity index (χ0) is 19.0. The number of carboxylic acids is 2. The quantitative estimate of drug-likeness (QED) is 0.809. The third-order valence-electron chi connectivity index (χ3n) is 3.87. The van der Waals surface area contributed by atoms with Gasteiger partial charge in [-0.2, -0.15) is 5.26 Å². The van der Waals surface area contributed by atoms with Crippen LogP contribution < -0.4 is 0 Å². The van der Waals surface area contributed by atoms with E-state index in [1.807, 2.05) is 7.05 Å². The molecule has 0 atom stereocenters. The Labute approximate surface area is 143 Å². The van der Waals surface area contributed by atoms with Gasteiger partial charge >= 0.3 is 11.9 Å². The second kappa shape index (κ2) is 8.89. The van der Waals surface area contributed by atoms with Crippen molar-refractivity contribution >= 4 is 11.9 Å². The van der Waals surface area contributed by atoms with E-state index in [2.05, 4.69) is 11.0 Å². The number of aliphatic carboxylic acids is 2. The minimum absolute atomic E-state index is 0.202. The standard InChI is InChI=1S/C13H14F2N2.C4H4O4/c1-17-6-4-13(9-16,5-7-17)11-8-10(14)2-3-12(11)15;5-3(6)1-2-4(7)8/h2-3,8H,4-7H2,1H3;1-2H,(H,5,6)(H,7,8). The van der Waals surface area contributed by atoms with Gasteiger partial charge in [-0.1, -0.05) is 0 Å². The summed E-state index contributed by atoms with van der Waals surface area (Å²) in [7, 11) is 1.96. The highest BCUT2D eigenvalue weighted by molar-refractivity contribution is 5.89. The molecule has 1 fully saturated rings. The lowest BCUT2D eigenvalue weighted by Crippen LogP contribution is -2.40. The summed E-state index contributed by atoms with van der Waals surface area (Å²) in [6.07, 6.45) is 2.20. The summed E-state index contributed by atoms with van der Waals surface area (Å²) in [5.74, 6) is -3.49. The summed E-state index contributed by atoms with van der Waals surface area (Å²) in [6.45, 7) is 1.45.